The summed E-state index contributed by atoms with van der Waals surface area (Å²) in [6.07, 6.45) is 1.59. The third kappa shape index (κ3) is 4.19. The van der Waals surface area contributed by atoms with E-state index in [1.807, 2.05) is 72.8 Å². The van der Waals surface area contributed by atoms with Crippen molar-refractivity contribution >= 4 is 5.97 Å². The van der Waals surface area contributed by atoms with Gasteiger partial charge in [-0.15, -0.1) is 0 Å². The smallest absolute Gasteiger partial charge is 0.339 e. The van der Waals surface area contributed by atoms with E-state index in [9.17, 15) is 4.79 Å². The molecule has 0 N–H and O–H groups in total. The molecule has 31 heavy (non-hydrogen) atoms. The van der Waals surface area contributed by atoms with E-state index in [-0.39, 0.29) is 12.6 Å². The summed E-state index contributed by atoms with van der Waals surface area (Å²) >= 11 is 0. The molecule has 0 amide bonds. The minimum absolute atomic E-state index is 0.169. The molecule has 0 spiro atoms. The van der Waals surface area contributed by atoms with Crippen molar-refractivity contribution < 1.29 is 9.53 Å². The van der Waals surface area contributed by atoms with E-state index < -0.39 is 0 Å². The summed E-state index contributed by atoms with van der Waals surface area (Å²) in [5, 5.41) is 0. The van der Waals surface area contributed by atoms with E-state index in [4.69, 9.17) is 4.74 Å². The van der Waals surface area contributed by atoms with Crippen LogP contribution in [-0.2, 0) is 4.74 Å². The molecule has 152 valence electrons. The number of carbonyl (C=O) groups is 1. The summed E-state index contributed by atoms with van der Waals surface area (Å²) in [4.78, 5) is 13.2. The van der Waals surface area contributed by atoms with Crippen molar-refractivity contribution in [2.45, 2.75) is 6.92 Å². The molecule has 4 aromatic rings. The third-order valence-electron chi connectivity index (χ3n) is 5.35. The number of hydrogen-bond acceptors (Lipinski definition) is 2. The van der Waals surface area contributed by atoms with E-state index in [1.165, 1.54) is 0 Å². The molecule has 0 aliphatic carbocycles. The van der Waals surface area contributed by atoms with Crippen LogP contribution in [0.15, 0.2) is 110 Å². The molecular formula is C29H24O2. The van der Waals surface area contributed by atoms with Gasteiger partial charge in [-0.1, -0.05) is 104 Å². The van der Waals surface area contributed by atoms with Gasteiger partial charge in [0.25, 0.3) is 0 Å². The minimum atomic E-state index is -0.354. The summed E-state index contributed by atoms with van der Waals surface area (Å²) in [6, 6.07) is 32.4. The average molecular weight is 405 g/mol. The molecule has 0 saturated carbocycles. The normalized spacial score (nSPS) is 10.5. The molecule has 0 saturated heterocycles. The first kappa shape index (κ1) is 20.4. The van der Waals surface area contributed by atoms with Crippen LogP contribution in [0.25, 0.3) is 33.4 Å². The molecular weight excluding hydrogens is 380 g/mol. The van der Waals surface area contributed by atoms with Crippen molar-refractivity contribution in [2.75, 3.05) is 6.61 Å². The summed E-state index contributed by atoms with van der Waals surface area (Å²) in [5.41, 5.74) is 7.73. The largest absolute Gasteiger partial charge is 0.458 e. The zero-order valence-electron chi connectivity index (χ0n) is 17.5. The number of hydrogen-bond donors (Lipinski definition) is 0. The van der Waals surface area contributed by atoms with E-state index in [0.717, 1.165) is 38.9 Å². The maximum Gasteiger partial charge on any atom is 0.339 e. The van der Waals surface area contributed by atoms with Gasteiger partial charge in [0.2, 0.25) is 0 Å². The van der Waals surface area contributed by atoms with Gasteiger partial charge in [0, 0.05) is 5.56 Å². The summed E-state index contributed by atoms with van der Waals surface area (Å²) in [7, 11) is 0. The maximum atomic E-state index is 13.2. The van der Waals surface area contributed by atoms with Gasteiger partial charge in [-0.05, 0) is 46.4 Å². The number of esters is 1. The molecule has 0 aliphatic rings. The first-order valence-corrected chi connectivity index (χ1v) is 10.3. The van der Waals surface area contributed by atoms with Gasteiger partial charge in [0.15, 0.2) is 0 Å². The summed E-state index contributed by atoms with van der Waals surface area (Å²) < 4.78 is 5.50. The molecule has 0 aromatic heterocycles. The number of benzene rings is 4. The van der Waals surface area contributed by atoms with Gasteiger partial charge in [0.1, 0.15) is 6.61 Å². The Morgan fingerprint density at radius 2 is 1.26 bits per heavy atom. The first-order chi connectivity index (χ1) is 15.2. The molecule has 0 aliphatic heterocycles. The molecule has 0 fully saturated rings. The standard InChI is InChI=1S/C29H24O2/c1-3-19-31-29(30)26-20-25(22-13-7-4-8-14-22)21(2)27(23-15-9-5-10-16-23)28(26)24-17-11-6-12-18-24/h3-18,20H,1,19H2,2H3. The molecule has 0 atom stereocenters. The molecule has 2 nitrogen and oxygen atoms in total. The van der Waals surface area contributed by atoms with Crippen molar-refractivity contribution in [3.05, 3.63) is 121 Å². The second kappa shape index (κ2) is 9.27. The van der Waals surface area contributed by atoms with Crippen molar-refractivity contribution in [3.63, 3.8) is 0 Å². The van der Waals surface area contributed by atoms with Gasteiger partial charge in [0.05, 0.1) is 5.56 Å². The van der Waals surface area contributed by atoms with Crippen LogP contribution in [0.4, 0.5) is 0 Å². The lowest BCUT2D eigenvalue weighted by Gasteiger charge is -2.21. The van der Waals surface area contributed by atoms with Gasteiger partial charge < -0.3 is 4.74 Å². The second-order valence-corrected chi connectivity index (χ2v) is 7.33. The highest BCUT2D eigenvalue weighted by atomic mass is 16.5. The topological polar surface area (TPSA) is 26.3 Å². The van der Waals surface area contributed by atoms with Gasteiger partial charge in [-0.3, -0.25) is 0 Å². The highest BCUT2D eigenvalue weighted by molar-refractivity contribution is 6.05. The predicted molar refractivity (Wildman–Crippen MR) is 128 cm³/mol. The molecule has 4 rings (SSSR count). The molecule has 0 unspecified atom stereocenters. The van der Waals surface area contributed by atoms with E-state index in [2.05, 4.69) is 37.8 Å². The zero-order chi connectivity index (χ0) is 21.6. The van der Waals surface area contributed by atoms with Crippen LogP contribution in [0.5, 0.6) is 0 Å². The van der Waals surface area contributed by atoms with E-state index in [1.54, 1.807) is 6.08 Å². The fraction of sp³-hybridized carbons (Fsp3) is 0.0690. The quantitative estimate of drug-likeness (QED) is 0.248. The lowest BCUT2D eigenvalue weighted by atomic mass is 9.83. The Morgan fingerprint density at radius 3 is 1.77 bits per heavy atom. The van der Waals surface area contributed by atoms with Crippen LogP contribution in [0, 0.1) is 6.92 Å². The fourth-order valence-electron chi connectivity index (χ4n) is 3.94. The summed E-state index contributed by atoms with van der Waals surface area (Å²) in [5.74, 6) is -0.354. The van der Waals surface area contributed by atoms with Crippen LogP contribution < -0.4 is 0 Å². The predicted octanol–water partition coefficient (Wildman–Crippen LogP) is 7.34. The Kier molecular flexibility index (Phi) is 6.09. The Hall–Kier alpha value is -3.91. The van der Waals surface area contributed by atoms with E-state index in [0.29, 0.717) is 5.56 Å². The average Bonchev–Trinajstić information content (AvgIpc) is 2.83. The second-order valence-electron chi connectivity index (χ2n) is 7.33. The lowest BCUT2D eigenvalue weighted by molar-refractivity contribution is 0.0550. The maximum absolute atomic E-state index is 13.2. The fourth-order valence-corrected chi connectivity index (χ4v) is 3.94. The van der Waals surface area contributed by atoms with Crippen molar-refractivity contribution in [1.82, 2.24) is 0 Å². The van der Waals surface area contributed by atoms with Crippen molar-refractivity contribution in [2.24, 2.45) is 0 Å². The number of rotatable bonds is 6. The Bertz CT molecular complexity index is 1190. The van der Waals surface area contributed by atoms with Crippen LogP contribution in [0.2, 0.25) is 0 Å². The molecule has 0 heterocycles. The highest BCUT2D eigenvalue weighted by Crippen LogP contribution is 2.42. The Balaban J connectivity index is 2.09. The Morgan fingerprint density at radius 1 is 0.774 bits per heavy atom. The molecule has 0 radical (unpaired) electrons. The molecule has 4 aromatic carbocycles. The third-order valence-corrected chi connectivity index (χ3v) is 5.35. The minimum Gasteiger partial charge on any atom is -0.458 e. The molecule has 2 heteroatoms. The van der Waals surface area contributed by atoms with Crippen molar-refractivity contribution in [1.29, 1.82) is 0 Å². The van der Waals surface area contributed by atoms with Crippen LogP contribution >= 0.6 is 0 Å². The van der Waals surface area contributed by atoms with Crippen LogP contribution in [0.3, 0.4) is 0 Å². The van der Waals surface area contributed by atoms with E-state index >= 15 is 0 Å². The number of ether oxygens (including phenoxy) is 1. The first-order valence-electron chi connectivity index (χ1n) is 10.3. The van der Waals surface area contributed by atoms with Gasteiger partial charge >= 0.3 is 5.97 Å². The van der Waals surface area contributed by atoms with Gasteiger partial charge in [-0.25, -0.2) is 4.79 Å². The van der Waals surface area contributed by atoms with Crippen molar-refractivity contribution in [3.8, 4) is 33.4 Å². The zero-order valence-corrected chi connectivity index (χ0v) is 17.5. The Labute approximate surface area is 183 Å². The summed E-state index contributed by atoms with van der Waals surface area (Å²) in [6.45, 7) is 5.96. The number of carbonyl (C=O) groups excluding carboxylic acids is 1. The van der Waals surface area contributed by atoms with Gasteiger partial charge in [-0.2, -0.15) is 0 Å². The lowest BCUT2D eigenvalue weighted by Crippen LogP contribution is -2.09. The van der Waals surface area contributed by atoms with Crippen LogP contribution in [0.1, 0.15) is 15.9 Å². The highest BCUT2D eigenvalue weighted by Gasteiger charge is 2.23. The SMILES string of the molecule is C=CCOC(=O)c1cc(-c2ccccc2)c(C)c(-c2ccccc2)c1-c1ccccc1. The monoisotopic (exact) mass is 404 g/mol. The van der Waals surface area contributed by atoms with Crippen LogP contribution in [-0.4, -0.2) is 12.6 Å². The molecule has 0 bridgehead atoms.